The zero-order chi connectivity index (χ0) is 8.81. The molecular weight excluding hydrogens is 232 g/mol. The predicted molar refractivity (Wildman–Crippen MR) is 61.6 cm³/mol. The second-order valence-electron chi connectivity index (χ2n) is 2.47. The van der Waals surface area contributed by atoms with E-state index in [-0.39, 0.29) is 0 Å². The fourth-order valence-corrected chi connectivity index (χ4v) is 1.47. The van der Waals surface area contributed by atoms with Crippen molar-refractivity contribution in [3.63, 3.8) is 0 Å². The molecule has 0 aromatic heterocycles. The number of allylic oxidation sites excluding steroid dienone is 1. The van der Waals surface area contributed by atoms with Gasteiger partial charge in [0.25, 0.3) is 0 Å². The third-order valence-electron chi connectivity index (χ3n) is 1.45. The van der Waals surface area contributed by atoms with E-state index in [9.17, 15) is 0 Å². The van der Waals surface area contributed by atoms with Crippen molar-refractivity contribution in [3.05, 3.63) is 40.4 Å². The lowest BCUT2D eigenvalue weighted by molar-refractivity contribution is 1.26. The van der Waals surface area contributed by atoms with Crippen LogP contribution >= 0.6 is 28.6 Å². The molecule has 0 aliphatic rings. The summed E-state index contributed by atoms with van der Waals surface area (Å²) in [6.07, 6.45) is 5.27. The Morgan fingerprint density at radius 3 is 2.92 bits per heavy atom. The van der Waals surface area contributed by atoms with Crippen molar-refractivity contribution in [2.45, 2.75) is 6.42 Å². The molecule has 0 fully saturated rings. The lowest BCUT2D eigenvalue weighted by Gasteiger charge is -1.93. The van der Waals surface area contributed by atoms with E-state index in [1.807, 2.05) is 12.1 Å². The Morgan fingerprint density at radius 2 is 2.25 bits per heavy atom. The van der Waals surface area contributed by atoms with E-state index in [0.717, 1.165) is 16.6 Å². The van der Waals surface area contributed by atoms with Crippen molar-refractivity contribution in [2.24, 2.45) is 0 Å². The summed E-state index contributed by atoms with van der Waals surface area (Å²) in [6.45, 7) is 0. The minimum Gasteiger partial charge on any atom is -0.179 e. The minimum absolute atomic E-state index is 0.907. The van der Waals surface area contributed by atoms with Gasteiger partial charge in [0.15, 0.2) is 0 Å². The molecule has 0 aliphatic carbocycles. The van der Waals surface area contributed by atoms with Gasteiger partial charge in [-0.2, -0.15) is 12.6 Å². The highest BCUT2D eigenvalue weighted by molar-refractivity contribution is 9.10. The van der Waals surface area contributed by atoms with Crippen LogP contribution in [-0.2, 0) is 0 Å². The first-order valence-corrected chi connectivity index (χ1v) is 5.28. The highest BCUT2D eigenvalue weighted by atomic mass is 79.9. The van der Waals surface area contributed by atoms with Crippen LogP contribution in [0.15, 0.2) is 34.8 Å². The Hall–Kier alpha value is -0.210. The van der Waals surface area contributed by atoms with E-state index >= 15 is 0 Å². The average molecular weight is 243 g/mol. The van der Waals surface area contributed by atoms with Gasteiger partial charge in [0.1, 0.15) is 0 Å². The fourth-order valence-electron chi connectivity index (χ4n) is 0.904. The molecule has 0 spiro atoms. The lowest BCUT2D eigenvalue weighted by atomic mass is 10.2. The molecule has 1 aromatic rings. The maximum absolute atomic E-state index is 4.13. The molecule has 0 radical (unpaired) electrons. The van der Waals surface area contributed by atoms with Crippen LogP contribution in [0.5, 0.6) is 0 Å². The second kappa shape index (κ2) is 5.44. The van der Waals surface area contributed by atoms with E-state index in [2.05, 4.69) is 52.8 Å². The second-order valence-corrected chi connectivity index (χ2v) is 3.83. The summed E-state index contributed by atoms with van der Waals surface area (Å²) in [5, 5.41) is 0. The first-order chi connectivity index (χ1) is 5.83. The molecule has 0 unspecified atom stereocenters. The van der Waals surface area contributed by atoms with Crippen LogP contribution in [0.3, 0.4) is 0 Å². The van der Waals surface area contributed by atoms with Crippen LogP contribution in [0.25, 0.3) is 6.08 Å². The van der Waals surface area contributed by atoms with Gasteiger partial charge < -0.3 is 0 Å². The van der Waals surface area contributed by atoms with Crippen LogP contribution in [0, 0.1) is 0 Å². The monoisotopic (exact) mass is 242 g/mol. The van der Waals surface area contributed by atoms with Gasteiger partial charge in [-0.05, 0) is 29.9 Å². The summed E-state index contributed by atoms with van der Waals surface area (Å²) in [6, 6.07) is 8.23. The molecule has 64 valence electrons. The topological polar surface area (TPSA) is 0 Å². The Balaban J connectivity index is 2.63. The number of rotatable bonds is 3. The normalized spacial score (nSPS) is 10.8. The van der Waals surface area contributed by atoms with Gasteiger partial charge in [0.2, 0.25) is 0 Å². The third kappa shape index (κ3) is 3.46. The molecule has 0 aliphatic heterocycles. The molecule has 0 atom stereocenters. The number of hydrogen-bond donors (Lipinski definition) is 1. The number of thiol groups is 1. The fraction of sp³-hybridized carbons (Fsp3) is 0.200. The molecule has 0 saturated heterocycles. The van der Waals surface area contributed by atoms with Gasteiger partial charge in [-0.25, -0.2) is 0 Å². The van der Waals surface area contributed by atoms with E-state index < -0.39 is 0 Å². The standard InChI is InChI=1S/C10H11BrS/c11-10-6-3-5-9(8-10)4-1-2-7-12/h1,3-6,8,12H,2,7H2. The molecule has 1 rings (SSSR count). The molecule has 2 heteroatoms. The largest absolute Gasteiger partial charge is 0.179 e. The summed E-state index contributed by atoms with van der Waals surface area (Å²) in [4.78, 5) is 0. The van der Waals surface area contributed by atoms with Crippen molar-refractivity contribution < 1.29 is 0 Å². The zero-order valence-electron chi connectivity index (χ0n) is 6.70. The Kier molecular flexibility index (Phi) is 4.48. The zero-order valence-corrected chi connectivity index (χ0v) is 9.18. The molecule has 0 amide bonds. The Bertz CT molecular complexity index is 268. The number of halogens is 1. The van der Waals surface area contributed by atoms with Gasteiger partial charge in [0.05, 0.1) is 0 Å². The molecule has 0 nitrogen and oxygen atoms in total. The van der Waals surface area contributed by atoms with Gasteiger partial charge in [-0.3, -0.25) is 0 Å². The van der Waals surface area contributed by atoms with Crippen LogP contribution in [0.1, 0.15) is 12.0 Å². The summed E-state index contributed by atoms with van der Waals surface area (Å²) in [7, 11) is 0. The summed E-state index contributed by atoms with van der Waals surface area (Å²) in [5.74, 6) is 0.907. The minimum atomic E-state index is 0.907. The Morgan fingerprint density at radius 1 is 1.42 bits per heavy atom. The van der Waals surface area contributed by atoms with Gasteiger partial charge >= 0.3 is 0 Å². The van der Waals surface area contributed by atoms with E-state index in [0.29, 0.717) is 0 Å². The third-order valence-corrected chi connectivity index (χ3v) is 2.21. The van der Waals surface area contributed by atoms with Gasteiger partial charge in [-0.15, -0.1) is 0 Å². The quantitative estimate of drug-likeness (QED) is 0.767. The van der Waals surface area contributed by atoms with Crippen molar-refractivity contribution in [1.82, 2.24) is 0 Å². The first kappa shape index (κ1) is 9.87. The van der Waals surface area contributed by atoms with E-state index in [4.69, 9.17) is 0 Å². The van der Waals surface area contributed by atoms with Crippen LogP contribution < -0.4 is 0 Å². The molecule has 0 saturated carbocycles. The average Bonchev–Trinajstić information content (AvgIpc) is 2.05. The Labute approximate surface area is 87.2 Å². The van der Waals surface area contributed by atoms with Crippen molar-refractivity contribution >= 4 is 34.6 Å². The van der Waals surface area contributed by atoms with Gasteiger partial charge in [-0.1, -0.05) is 40.2 Å². The SMILES string of the molecule is SCCC=Cc1cccc(Br)c1. The summed E-state index contributed by atoms with van der Waals surface area (Å²) < 4.78 is 1.12. The highest BCUT2D eigenvalue weighted by Crippen LogP contribution is 2.12. The lowest BCUT2D eigenvalue weighted by Crippen LogP contribution is -1.72. The van der Waals surface area contributed by atoms with Crippen LogP contribution in [0.2, 0.25) is 0 Å². The first-order valence-electron chi connectivity index (χ1n) is 3.86. The summed E-state index contributed by atoms with van der Waals surface area (Å²) >= 11 is 7.55. The molecule has 1 aromatic carbocycles. The highest BCUT2D eigenvalue weighted by Gasteiger charge is 1.87. The van der Waals surface area contributed by atoms with E-state index in [1.165, 1.54) is 5.56 Å². The molecule has 0 heterocycles. The van der Waals surface area contributed by atoms with Crippen LogP contribution in [0.4, 0.5) is 0 Å². The maximum Gasteiger partial charge on any atom is 0.0181 e. The van der Waals surface area contributed by atoms with Crippen LogP contribution in [-0.4, -0.2) is 5.75 Å². The molecule has 12 heavy (non-hydrogen) atoms. The van der Waals surface area contributed by atoms with Crippen molar-refractivity contribution in [2.75, 3.05) is 5.75 Å². The van der Waals surface area contributed by atoms with Crippen molar-refractivity contribution in [1.29, 1.82) is 0 Å². The number of hydrogen-bond acceptors (Lipinski definition) is 1. The van der Waals surface area contributed by atoms with Crippen molar-refractivity contribution in [3.8, 4) is 0 Å². The number of benzene rings is 1. The smallest absolute Gasteiger partial charge is 0.0181 e. The predicted octanol–water partition coefficient (Wildman–Crippen LogP) is 3.78. The van der Waals surface area contributed by atoms with Gasteiger partial charge in [0, 0.05) is 4.47 Å². The molecule has 0 N–H and O–H groups in total. The molecule has 0 bridgehead atoms. The van der Waals surface area contributed by atoms with E-state index in [1.54, 1.807) is 0 Å². The maximum atomic E-state index is 4.13. The summed E-state index contributed by atoms with van der Waals surface area (Å²) in [5.41, 5.74) is 1.23. The molecular formula is C10H11BrS.